The van der Waals surface area contributed by atoms with E-state index in [1.807, 2.05) is 6.92 Å². The van der Waals surface area contributed by atoms with Crippen molar-refractivity contribution < 1.29 is 27.5 Å². The average molecular weight is 419 g/mol. The average Bonchev–Trinajstić information content (AvgIpc) is 2.62. The van der Waals surface area contributed by atoms with Gasteiger partial charge >= 0.3 is 5.97 Å². The predicted molar refractivity (Wildman–Crippen MR) is 111 cm³/mol. The lowest BCUT2D eigenvalue weighted by Crippen LogP contribution is -2.24. The number of esters is 1. The second kappa shape index (κ2) is 10.1. The van der Waals surface area contributed by atoms with Gasteiger partial charge in [-0.05, 0) is 50.6 Å². The van der Waals surface area contributed by atoms with Crippen molar-refractivity contribution in [3.8, 4) is 5.75 Å². The molecule has 29 heavy (non-hydrogen) atoms. The molecule has 2 rings (SSSR count). The van der Waals surface area contributed by atoms with Gasteiger partial charge in [-0.15, -0.1) is 0 Å². The minimum Gasteiger partial charge on any atom is -0.492 e. The van der Waals surface area contributed by atoms with Crippen molar-refractivity contribution in [3.63, 3.8) is 0 Å². The Labute approximate surface area is 170 Å². The number of carbonyl (C=O) groups excluding carboxylic acids is 2. The minimum absolute atomic E-state index is 0.265. The summed E-state index contributed by atoms with van der Waals surface area (Å²) in [6.07, 6.45) is -0.279. The van der Waals surface area contributed by atoms with Crippen LogP contribution in [0.1, 0.15) is 36.7 Å². The molecule has 2 aromatic rings. The number of para-hydroxylation sites is 2. The van der Waals surface area contributed by atoms with Crippen LogP contribution >= 0.6 is 0 Å². The van der Waals surface area contributed by atoms with Crippen molar-refractivity contribution >= 4 is 27.4 Å². The van der Waals surface area contributed by atoms with Gasteiger partial charge in [-0.1, -0.05) is 24.3 Å². The first kappa shape index (κ1) is 22.4. The van der Waals surface area contributed by atoms with Crippen molar-refractivity contribution in [1.82, 2.24) is 0 Å². The van der Waals surface area contributed by atoms with Gasteiger partial charge in [-0.3, -0.25) is 4.79 Å². The van der Waals surface area contributed by atoms with Crippen LogP contribution < -0.4 is 10.1 Å². The maximum atomic E-state index is 12.5. The number of amides is 1. The maximum Gasteiger partial charge on any atom is 0.338 e. The topological polar surface area (TPSA) is 98.8 Å². The van der Waals surface area contributed by atoms with E-state index >= 15 is 0 Å². The minimum atomic E-state index is -3.75. The van der Waals surface area contributed by atoms with Crippen LogP contribution in [0.25, 0.3) is 0 Å². The van der Waals surface area contributed by atoms with E-state index < -0.39 is 27.5 Å². The van der Waals surface area contributed by atoms with Gasteiger partial charge in [0.2, 0.25) is 5.91 Å². The molecule has 0 aliphatic heterocycles. The molecule has 0 heterocycles. The Morgan fingerprint density at radius 2 is 1.79 bits per heavy atom. The van der Waals surface area contributed by atoms with E-state index in [4.69, 9.17) is 9.47 Å². The number of sulfone groups is 1. The van der Waals surface area contributed by atoms with Crippen LogP contribution in [0.2, 0.25) is 0 Å². The molecule has 0 spiro atoms. The molecular formula is C21H25NO6S. The van der Waals surface area contributed by atoms with Gasteiger partial charge in [-0.25, -0.2) is 13.2 Å². The monoisotopic (exact) mass is 419 g/mol. The molecule has 0 aliphatic rings. The van der Waals surface area contributed by atoms with E-state index in [1.54, 1.807) is 56.3 Å². The third kappa shape index (κ3) is 7.23. The first-order valence-corrected chi connectivity index (χ1v) is 11.0. The molecule has 0 atom stereocenters. The van der Waals surface area contributed by atoms with Crippen LogP contribution in [0.3, 0.4) is 0 Å². The number of benzene rings is 2. The lowest BCUT2D eigenvalue weighted by Gasteiger charge is -2.12. The van der Waals surface area contributed by atoms with Gasteiger partial charge in [0.25, 0.3) is 0 Å². The van der Waals surface area contributed by atoms with Crippen LogP contribution in [-0.4, -0.2) is 38.8 Å². The highest BCUT2D eigenvalue weighted by Gasteiger charge is 2.19. The van der Waals surface area contributed by atoms with Crippen molar-refractivity contribution in [1.29, 1.82) is 0 Å². The Hall–Kier alpha value is -2.87. The van der Waals surface area contributed by atoms with Crippen LogP contribution in [0, 0.1) is 0 Å². The Balaban J connectivity index is 2.05. The number of hydrogen-bond donors (Lipinski definition) is 1. The lowest BCUT2D eigenvalue weighted by atomic mass is 10.1. The first-order chi connectivity index (χ1) is 13.7. The predicted octanol–water partition coefficient (Wildman–Crippen LogP) is 3.20. The fourth-order valence-electron chi connectivity index (χ4n) is 2.61. The summed E-state index contributed by atoms with van der Waals surface area (Å²) in [6.45, 7) is 5.69. The molecule has 156 valence electrons. The van der Waals surface area contributed by atoms with Gasteiger partial charge in [0, 0.05) is 0 Å². The smallest absolute Gasteiger partial charge is 0.338 e. The van der Waals surface area contributed by atoms with Gasteiger partial charge in [0.05, 0.1) is 29.7 Å². The zero-order chi connectivity index (χ0) is 21.4. The van der Waals surface area contributed by atoms with E-state index in [0.717, 1.165) is 0 Å². The van der Waals surface area contributed by atoms with Crippen LogP contribution in [0.15, 0.2) is 48.5 Å². The first-order valence-electron chi connectivity index (χ1n) is 9.22. The number of hydrogen-bond acceptors (Lipinski definition) is 6. The normalized spacial score (nSPS) is 11.2. The van der Waals surface area contributed by atoms with Crippen LogP contribution in [-0.2, 0) is 25.1 Å². The highest BCUT2D eigenvalue weighted by atomic mass is 32.2. The summed E-state index contributed by atoms with van der Waals surface area (Å²) < 4.78 is 35.5. The fourth-order valence-corrected chi connectivity index (χ4v) is 3.87. The third-order valence-electron chi connectivity index (χ3n) is 3.70. The van der Waals surface area contributed by atoms with Gasteiger partial charge in [-0.2, -0.15) is 0 Å². The maximum absolute atomic E-state index is 12.5. The molecule has 0 unspecified atom stereocenters. The molecule has 1 N–H and O–H groups in total. The molecule has 1 amide bonds. The summed E-state index contributed by atoms with van der Waals surface area (Å²) in [5.74, 6) is -1.76. The largest absolute Gasteiger partial charge is 0.492 e. The van der Waals surface area contributed by atoms with Gasteiger partial charge in [0.1, 0.15) is 11.5 Å². The summed E-state index contributed by atoms with van der Waals surface area (Å²) in [7, 11) is -3.75. The van der Waals surface area contributed by atoms with E-state index in [2.05, 4.69) is 5.32 Å². The number of anilines is 1. The quantitative estimate of drug-likeness (QED) is 0.627. The molecule has 8 heteroatoms. The van der Waals surface area contributed by atoms with Crippen molar-refractivity contribution in [2.24, 2.45) is 0 Å². The Bertz CT molecular complexity index is 969. The Kier molecular flexibility index (Phi) is 7.78. The van der Waals surface area contributed by atoms with Gasteiger partial charge in [0.15, 0.2) is 9.84 Å². The van der Waals surface area contributed by atoms with E-state index in [-0.39, 0.29) is 17.4 Å². The number of rotatable bonds is 9. The van der Waals surface area contributed by atoms with E-state index in [1.165, 1.54) is 6.07 Å². The highest BCUT2D eigenvalue weighted by Crippen LogP contribution is 2.23. The molecule has 0 saturated carbocycles. The third-order valence-corrected chi connectivity index (χ3v) is 5.18. The number of nitrogens with one attached hydrogen (secondary N) is 1. The second-order valence-corrected chi connectivity index (χ2v) is 8.73. The Morgan fingerprint density at radius 3 is 2.48 bits per heavy atom. The zero-order valence-corrected chi connectivity index (χ0v) is 17.5. The molecular weight excluding hydrogens is 394 g/mol. The molecule has 7 nitrogen and oxygen atoms in total. The van der Waals surface area contributed by atoms with E-state index in [0.29, 0.717) is 23.6 Å². The second-order valence-electron chi connectivity index (χ2n) is 6.66. The molecule has 0 radical (unpaired) electrons. The molecule has 0 fully saturated rings. The summed E-state index contributed by atoms with van der Waals surface area (Å²) in [5, 5.41) is 2.57. The lowest BCUT2D eigenvalue weighted by molar-refractivity contribution is -0.113. The molecule has 0 aromatic heterocycles. The zero-order valence-electron chi connectivity index (χ0n) is 16.7. The molecule has 0 aliphatic carbocycles. The van der Waals surface area contributed by atoms with Crippen LogP contribution in [0.4, 0.5) is 5.69 Å². The highest BCUT2D eigenvalue weighted by molar-refractivity contribution is 7.91. The molecule has 0 bridgehead atoms. The molecule has 2 aromatic carbocycles. The van der Waals surface area contributed by atoms with Crippen molar-refractivity contribution in [3.05, 3.63) is 59.7 Å². The molecule has 0 saturated heterocycles. The summed E-state index contributed by atoms with van der Waals surface area (Å²) in [5.41, 5.74) is 1.08. The standard InChI is InChI=1S/C21H25NO6S/c1-4-27-19-11-6-5-10-18(19)22-20(23)14-29(25,26)13-16-8-7-9-17(12-16)21(24)28-15(2)3/h5-12,15H,4,13-14H2,1-3H3,(H,22,23). The van der Waals surface area contributed by atoms with Crippen molar-refractivity contribution in [2.45, 2.75) is 32.6 Å². The van der Waals surface area contributed by atoms with Crippen molar-refractivity contribution in [2.75, 3.05) is 17.7 Å². The van der Waals surface area contributed by atoms with Crippen LogP contribution in [0.5, 0.6) is 5.75 Å². The number of ether oxygens (including phenoxy) is 2. The summed E-state index contributed by atoms with van der Waals surface area (Å²) >= 11 is 0. The fraction of sp³-hybridized carbons (Fsp3) is 0.333. The number of carbonyl (C=O) groups is 2. The summed E-state index contributed by atoms with van der Waals surface area (Å²) in [4.78, 5) is 24.2. The summed E-state index contributed by atoms with van der Waals surface area (Å²) in [6, 6.07) is 13.0. The SMILES string of the molecule is CCOc1ccccc1NC(=O)CS(=O)(=O)Cc1cccc(C(=O)OC(C)C)c1. The van der Waals surface area contributed by atoms with E-state index in [9.17, 15) is 18.0 Å². The van der Waals surface area contributed by atoms with Gasteiger partial charge < -0.3 is 14.8 Å². The Morgan fingerprint density at radius 1 is 1.07 bits per heavy atom.